The Morgan fingerprint density at radius 2 is 1.88 bits per heavy atom. The van der Waals surface area contributed by atoms with Crippen LogP contribution in [0.2, 0.25) is 0 Å². The van der Waals surface area contributed by atoms with Crippen LogP contribution in [-0.2, 0) is 0 Å². The van der Waals surface area contributed by atoms with Crippen LogP contribution < -0.4 is 0 Å². The summed E-state index contributed by atoms with van der Waals surface area (Å²) >= 11 is 5.19. The molecule has 1 heterocycles. The number of thiophene rings is 1. The van der Waals surface area contributed by atoms with Gasteiger partial charge in [0, 0.05) is 12.2 Å². The Hall–Kier alpha value is -0.0000000000000000833. The molecule has 0 spiro atoms. The monoisotopic (exact) mass is 337 g/mol. The first kappa shape index (κ1) is 15.1. The molecule has 96 valence electrons. The van der Waals surface area contributed by atoms with Gasteiger partial charge in [0.2, 0.25) is 0 Å². The number of carboxylic acid groups (broad SMARTS) is 1. The second-order valence-corrected chi connectivity index (χ2v) is 9.41. The van der Waals surface area contributed by atoms with E-state index in [1.54, 1.807) is 11.8 Å². The lowest BCUT2D eigenvalue weighted by molar-refractivity contribution is 0.0698. The average Bonchev–Trinajstić information content (AvgIpc) is 2.41. The van der Waals surface area contributed by atoms with Crippen molar-refractivity contribution in [2.75, 3.05) is 0 Å². The zero-order chi connectivity index (χ0) is 13.3. The summed E-state index contributed by atoms with van der Waals surface area (Å²) in [6.07, 6.45) is 0. The van der Waals surface area contributed by atoms with E-state index in [2.05, 4.69) is 43.6 Å². The lowest BCUT2D eigenvalue weighted by Crippen LogP contribution is -1.99. The van der Waals surface area contributed by atoms with Crippen LogP contribution in [0, 0.1) is 6.92 Å². The molecule has 0 saturated carbocycles. The van der Waals surface area contributed by atoms with E-state index in [4.69, 9.17) is 0 Å². The molecule has 1 aromatic rings. The van der Waals surface area contributed by atoms with Crippen LogP contribution in [0.1, 0.15) is 47.5 Å². The highest BCUT2D eigenvalue weighted by Gasteiger charge is 2.36. The summed E-state index contributed by atoms with van der Waals surface area (Å²) < 4.78 is 0.991. The lowest BCUT2D eigenvalue weighted by Gasteiger charge is -2.03. The van der Waals surface area contributed by atoms with Crippen LogP contribution in [0.25, 0.3) is 0 Å². The zero-order valence-corrected chi connectivity index (χ0v) is 13.9. The maximum absolute atomic E-state index is 11.5. The first-order valence-electron chi connectivity index (χ1n) is 5.51. The molecular formula is C12H18BrO2S2+. The van der Waals surface area contributed by atoms with Gasteiger partial charge >= 0.3 is 5.97 Å². The Kier molecular flexibility index (Phi) is 5.10. The van der Waals surface area contributed by atoms with Crippen molar-refractivity contribution in [3.8, 4) is 0 Å². The van der Waals surface area contributed by atoms with Crippen molar-refractivity contribution < 1.29 is 9.90 Å². The number of carbonyl (C=O) groups is 1. The molecule has 0 aromatic carbocycles. The van der Waals surface area contributed by atoms with Gasteiger partial charge in [0.25, 0.3) is 4.88 Å². The third-order valence-corrected chi connectivity index (χ3v) is 7.67. The van der Waals surface area contributed by atoms with E-state index in [0.29, 0.717) is 15.4 Å². The van der Waals surface area contributed by atoms with E-state index in [1.807, 2.05) is 6.92 Å². The summed E-state index contributed by atoms with van der Waals surface area (Å²) in [5, 5.41) is 10.2. The Balaban J connectivity index is 3.47. The van der Waals surface area contributed by atoms with Crippen molar-refractivity contribution in [2.45, 2.75) is 50.0 Å². The topological polar surface area (TPSA) is 37.3 Å². The standard InChI is InChI=1S/C12H17BrO2S2/c1-6(2)16-10-9(13)8(5)17(7(3)4)11(10)12(14)15/h6-7H,1-5H3/p+1. The lowest BCUT2D eigenvalue weighted by atomic mass is 10.4. The van der Waals surface area contributed by atoms with Gasteiger partial charge in [0.15, 0.2) is 4.88 Å². The summed E-state index contributed by atoms with van der Waals surface area (Å²) in [4.78, 5) is 14.2. The molecule has 0 bridgehead atoms. The molecule has 1 atom stereocenters. The van der Waals surface area contributed by atoms with Crippen LogP contribution in [0.5, 0.6) is 0 Å². The molecular weight excluding hydrogens is 320 g/mol. The minimum Gasteiger partial charge on any atom is -0.474 e. The molecule has 0 radical (unpaired) electrons. The van der Waals surface area contributed by atoms with E-state index in [1.165, 1.54) is 4.88 Å². The van der Waals surface area contributed by atoms with E-state index >= 15 is 0 Å². The van der Waals surface area contributed by atoms with Crippen LogP contribution in [0.3, 0.4) is 0 Å². The second kappa shape index (κ2) is 5.76. The highest BCUT2D eigenvalue weighted by atomic mass is 79.9. The maximum Gasteiger partial charge on any atom is 0.390 e. The summed E-state index contributed by atoms with van der Waals surface area (Å²) in [6.45, 7) is 10.4. The number of hydrogen-bond donors (Lipinski definition) is 1. The van der Waals surface area contributed by atoms with E-state index in [9.17, 15) is 9.90 Å². The van der Waals surface area contributed by atoms with Crippen LogP contribution in [0.4, 0.5) is 0 Å². The summed E-state index contributed by atoms with van der Waals surface area (Å²) in [5.41, 5.74) is 0. The van der Waals surface area contributed by atoms with Crippen molar-refractivity contribution >= 4 is 44.1 Å². The van der Waals surface area contributed by atoms with Crippen molar-refractivity contribution in [3.05, 3.63) is 14.2 Å². The van der Waals surface area contributed by atoms with Crippen molar-refractivity contribution in [3.63, 3.8) is 0 Å². The molecule has 0 saturated heterocycles. The Labute approximate surface area is 118 Å². The van der Waals surface area contributed by atoms with Gasteiger partial charge in [0.1, 0.15) is 5.25 Å². The molecule has 0 aliphatic heterocycles. The molecule has 2 nitrogen and oxygen atoms in total. The van der Waals surface area contributed by atoms with Gasteiger partial charge in [-0.2, -0.15) is 0 Å². The van der Waals surface area contributed by atoms with Gasteiger partial charge in [-0.3, -0.25) is 0 Å². The van der Waals surface area contributed by atoms with E-state index < -0.39 is 5.97 Å². The fourth-order valence-electron chi connectivity index (χ4n) is 1.73. The number of rotatable bonds is 4. The molecule has 17 heavy (non-hydrogen) atoms. The van der Waals surface area contributed by atoms with Gasteiger partial charge in [-0.05, 0) is 40.2 Å². The SMILES string of the molecule is Cc1c(Br)c(SC(C)C)c(C(=O)O)[s+]1C(C)C. The van der Waals surface area contributed by atoms with Crippen LogP contribution in [-0.4, -0.2) is 16.3 Å². The number of hydrogen-bond acceptors (Lipinski definition) is 2. The fraction of sp³-hybridized carbons (Fsp3) is 0.583. The van der Waals surface area contributed by atoms with Crippen molar-refractivity contribution in [2.24, 2.45) is 0 Å². The largest absolute Gasteiger partial charge is 0.474 e. The van der Waals surface area contributed by atoms with Crippen molar-refractivity contribution in [1.82, 2.24) is 0 Å². The minimum absolute atomic E-state index is 0.276. The molecule has 1 aromatic heterocycles. The molecule has 0 amide bonds. The quantitative estimate of drug-likeness (QED) is 0.599. The van der Waals surface area contributed by atoms with Gasteiger partial charge in [-0.25, -0.2) is 4.79 Å². The number of thioether (sulfide) groups is 1. The molecule has 1 unspecified atom stereocenters. The van der Waals surface area contributed by atoms with Gasteiger partial charge in [-0.15, -0.1) is 11.8 Å². The van der Waals surface area contributed by atoms with Crippen LogP contribution in [0.15, 0.2) is 9.37 Å². The fourth-order valence-corrected chi connectivity index (χ4v) is 6.53. The molecule has 1 rings (SSSR count). The summed E-state index contributed by atoms with van der Waals surface area (Å²) in [7, 11) is -0.276. The number of aromatic carboxylic acids is 1. The van der Waals surface area contributed by atoms with Crippen molar-refractivity contribution in [1.29, 1.82) is 0 Å². The second-order valence-electron chi connectivity index (χ2n) is 4.39. The molecule has 0 aliphatic carbocycles. The molecule has 0 fully saturated rings. The van der Waals surface area contributed by atoms with Gasteiger partial charge in [0.05, 0.1) is 9.37 Å². The Morgan fingerprint density at radius 3 is 2.24 bits per heavy atom. The third-order valence-electron chi connectivity index (χ3n) is 2.28. The summed E-state index contributed by atoms with van der Waals surface area (Å²) in [6, 6.07) is 0. The third kappa shape index (κ3) is 3.06. The predicted molar refractivity (Wildman–Crippen MR) is 79.7 cm³/mol. The Bertz CT molecular complexity index is 436. The first-order valence-corrected chi connectivity index (χ1v) is 8.47. The Morgan fingerprint density at radius 1 is 1.35 bits per heavy atom. The molecule has 0 aliphatic rings. The predicted octanol–water partition coefficient (Wildman–Crippen LogP) is 5.29. The van der Waals surface area contributed by atoms with Gasteiger partial charge in [-0.1, -0.05) is 13.8 Å². The average molecular weight is 338 g/mol. The minimum atomic E-state index is -0.779. The van der Waals surface area contributed by atoms with Gasteiger partial charge < -0.3 is 5.11 Å². The van der Waals surface area contributed by atoms with E-state index in [-0.39, 0.29) is 10.5 Å². The smallest absolute Gasteiger partial charge is 0.390 e. The number of carboxylic acids is 1. The van der Waals surface area contributed by atoms with Crippen LogP contribution >= 0.6 is 38.2 Å². The summed E-state index contributed by atoms with van der Waals surface area (Å²) in [5.74, 6) is -0.779. The maximum atomic E-state index is 11.5. The zero-order valence-electron chi connectivity index (χ0n) is 10.7. The van der Waals surface area contributed by atoms with E-state index in [0.717, 1.165) is 9.37 Å². The highest BCUT2D eigenvalue weighted by Crippen LogP contribution is 2.51. The highest BCUT2D eigenvalue weighted by molar-refractivity contribution is 9.10. The molecule has 1 N–H and O–H groups in total. The first-order chi connectivity index (χ1) is 7.77. The molecule has 5 heteroatoms. The number of halogens is 1. The normalized spacial score (nSPS) is 12.6.